The van der Waals surface area contributed by atoms with Crippen LogP contribution in [0.2, 0.25) is 0 Å². The minimum atomic E-state index is -3.81. The van der Waals surface area contributed by atoms with Gasteiger partial charge in [0.2, 0.25) is 10.0 Å². The van der Waals surface area contributed by atoms with Crippen LogP contribution in [0.15, 0.2) is 34.5 Å². The summed E-state index contributed by atoms with van der Waals surface area (Å²) in [5.74, 6) is -0.642. The van der Waals surface area contributed by atoms with Crippen LogP contribution in [0.4, 0.5) is 0 Å². The number of thiophene rings is 1. The highest BCUT2D eigenvalue weighted by Gasteiger charge is 2.26. The second kappa shape index (κ2) is 7.27. The second-order valence-corrected chi connectivity index (χ2v) is 8.78. The topological polar surface area (TPSA) is 72.5 Å². The smallest absolute Gasteiger partial charge is 0.349 e. The summed E-state index contributed by atoms with van der Waals surface area (Å²) < 4.78 is 32.7. The van der Waals surface area contributed by atoms with E-state index in [1.165, 1.54) is 37.1 Å². The van der Waals surface area contributed by atoms with Gasteiger partial charge in [0.15, 0.2) is 0 Å². The van der Waals surface area contributed by atoms with E-state index in [-0.39, 0.29) is 15.8 Å². The van der Waals surface area contributed by atoms with Gasteiger partial charge in [0.25, 0.3) is 0 Å². The minimum Gasteiger partial charge on any atom is -0.465 e. The third kappa shape index (κ3) is 3.78. The number of hydrogen-bond donors (Lipinski definition) is 1. The average Bonchev–Trinajstić information content (AvgIpc) is 3.11. The standard InChI is InChI=1S/C18H21NO4S2/c1-12(14-8-7-13-5-3-4-6-15(13)11-14)19-25(21,22)16-9-10-24-17(16)18(20)23-2/h7-12,19H,3-6H2,1-2H3. The van der Waals surface area contributed by atoms with Gasteiger partial charge in [-0.05, 0) is 60.7 Å². The normalized spacial score (nSPS) is 15.4. The second-order valence-electron chi connectivity index (χ2n) is 6.18. The Labute approximate surface area is 152 Å². The number of carbonyl (C=O) groups is 1. The summed E-state index contributed by atoms with van der Waals surface area (Å²) in [4.78, 5) is 11.8. The average molecular weight is 380 g/mol. The molecular weight excluding hydrogens is 358 g/mol. The molecule has 0 saturated carbocycles. The van der Waals surface area contributed by atoms with Gasteiger partial charge in [0, 0.05) is 6.04 Å². The number of rotatable bonds is 5. The maximum atomic E-state index is 12.7. The Balaban J connectivity index is 1.84. The molecule has 7 heteroatoms. The lowest BCUT2D eigenvalue weighted by molar-refractivity contribution is 0.0602. The highest BCUT2D eigenvalue weighted by Crippen LogP contribution is 2.27. The lowest BCUT2D eigenvalue weighted by Crippen LogP contribution is -2.28. The Kier molecular flexibility index (Phi) is 5.27. The van der Waals surface area contributed by atoms with Crippen molar-refractivity contribution < 1.29 is 17.9 Å². The van der Waals surface area contributed by atoms with E-state index < -0.39 is 16.0 Å². The summed E-state index contributed by atoms with van der Waals surface area (Å²) >= 11 is 1.06. The summed E-state index contributed by atoms with van der Waals surface area (Å²) in [7, 11) is -2.57. The molecule has 134 valence electrons. The molecule has 1 aromatic heterocycles. The van der Waals surface area contributed by atoms with Crippen molar-refractivity contribution in [2.45, 2.75) is 43.5 Å². The molecule has 2 aromatic rings. The molecule has 5 nitrogen and oxygen atoms in total. The molecule has 0 saturated heterocycles. The largest absolute Gasteiger partial charge is 0.465 e. The number of benzene rings is 1. The molecule has 3 rings (SSSR count). The lowest BCUT2D eigenvalue weighted by atomic mass is 9.89. The maximum absolute atomic E-state index is 12.7. The number of hydrogen-bond acceptors (Lipinski definition) is 5. The number of aryl methyl sites for hydroxylation is 2. The first-order valence-corrected chi connectivity index (χ1v) is 10.6. The highest BCUT2D eigenvalue weighted by molar-refractivity contribution is 7.89. The van der Waals surface area contributed by atoms with Gasteiger partial charge in [-0.3, -0.25) is 0 Å². The first kappa shape index (κ1) is 18.1. The summed E-state index contributed by atoms with van der Waals surface area (Å²) in [6.07, 6.45) is 4.52. The van der Waals surface area contributed by atoms with Gasteiger partial charge in [-0.15, -0.1) is 11.3 Å². The van der Waals surface area contributed by atoms with Crippen LogP contribution >= 0.6 is 11.3 Å². The number of methoxy groups -OCH3 is 1. The van der Waals surface area contributed by atoms with Crippen molar-refractivity contribution in [3.8, 4) is 0 Å². The van der Waals surface area contributed by atoms with E-state index in [9.17, 15) is 13.2 Å². The van der Waals surface area contributed by atoms with E-state index in [0.717, 1.165) is 29.7 Å². The number of ether oxygens (including phenoxy) is 1. The van der Waals surface area contributed by atoms with Crippen LogP contribution in [0, 0.1) is 0 Å². The molecule has 1 aliphatic carbocycles. The quantitative estimate of drug-likeness (QED) is 0.808. The predicted molar refractivity (Wildman–Crippen MR) is 97.5 cm³/mol. The molecule has 0 spiro atoms. The Hall–Kier alpha value is -1.70. The highest BCUT2D eigenvalue weighted by atomic mass is 32.2. The van der Waals surface area contributed by atoms with Gasteiger partial charge in [-0.25, -0.2) is 17.9 Å². The van der Waals surface area contributed by atoms with Crippen molar-refractivity contribution >= 4 is 27.3 Å². The van der Waals surface area contributed by atoms with E-state index in [4.69, 9.17) is 0 Å². The fraction of sp³-hybridized carbons (Fsp3) is 0.389. The van der Waals surface area contributed by atoms with E-state index in [0.29, 0.717) is 0 Å². The molecule has 1 unspecified atom stereocenters. The molecule has 0 bridgehead atoms. The molecule has 1 atom stereocenters. The van der Waals surface area contributed by atoms with Crippen molar-refractivity contribution in [1.29, 1.82) is 0 Å². The molecular formula is C18H21NO4S2. The first-order valence-electron chi connectivity index (χ1n) is 8.22. The minimum absolute atomic E-state index is 0.0332. The number of sulfonamides is 1. The monoisotopic (exact) mass is 379 g/mol. The zero-order valence-corrected chi connectivity index (χ0v) is 15.9. The van der Waals surface area contributed by atoms with E-state index in [1.807, 2.05) is 13.0 Å². The molecule has 0 radical (unpaired) electrons. The molecule has 1 N–H and O–H groups in total. The fourth-order valence-electron chi connectivity index (χ4n) is 3.14. The molecule has 1 aromatic carbocycles. The Bertz CT molecular complexity index is 886. The molecule has 0 amide bonds. The zero-order chi connectivity index (χ0) is 18.0. The lowest BCUT2D eigenvalue weighted by Gasteiger charge is -2.20. The van der Waals surface area contributed by atoms with Gasteiger partial charge in [-0.2, -0.15) is 0 Å². The zero-order valence-electron chi connectivity index (χ0n) is 14.2. The molecule has 1 aliphatic rings. The van der Waals surface area contributed by atoms with Crippen LogP contribution in [-0.2, 0) is 27.6 Å². The molecule has 1 heterocycles. The van der Waals surface area contributed by atoms with Gasteiger partial charge < -0.3 is 4.74 Å². The first-order chi connectivity index (χ1) is 11.9. The van der Waals surface area contributed by atoms with Crippen LogP contribution in [-0.4, -0.2) is 21.5 Å². The van der Waals surface area contributed by atoms with Crippen molar-refractivity contribution in [3.05, 3.63) is 51.2 Å². The molecule has 0 fully saturated rings. The van der Waals surface area contributed by atoms with Crippen LogP contribution in [0.3, 0.4) is 0 Å². The van der Waals surface area contributed by atoms with Crippen LogP contribution in [0.5, 0.6) is 0 Å². The fourth-order valence-corrected chi connectivity index (χ4v) is 5.70. The predicted octanol–water partition coefficient (Wildman–Crippen LogP) is 3.45. The Morgan fingerprint density at radius 1 is 1.20 bits per heavy atom. The number of nitrogens with one attached hydrogen (secondary N) is 1. The van der Waals surface area contributed by atoms with Crippen molar-refractivity contribution in [3.63, 3.8) is 0 Å². The maximum Gasteiger partial charge on any atom is 0.349 e. The Morgan fingerprint density at radius 2 is 1.92 bits per heavy atom. The van der Waals surface area contributed by atoms with Gasteiger partial charge in [0.05, 0.1) is 7.11 Å². The SMILES string of the molecule is COC(=O)c1sccc1S(=O)(=O)NC(C)c1ccc2c(c1)CCCC2. The third-order valence-electron chi connectivity index (χ3n) is 4.49. The van der Waals surface area contributed by atoms with Gasteiger partial charge in [-0.1, -0.05) is 18.2 Å². The van der Waals surface area contributed by atoms with Crippen molar-refractivity contribution in [2.24, 2.45) is 0 Å². The number of carbonyl (C=O) groups excluding carboxylic acids is 1. The van der Waals surface area contributed by atoms with E-state index >= 15 is 0 Å². The summed E-state index contributed by atoms with van der Waals surface area (Å²) in [6.45, 7) is 1.81. The van der Waals surface area contributed by atoms with Crippen molar-refractivity contribution in [2.75, 3.05) is 7.11 Å². The number of fused-ring (bicyclic) bond motifs is 1. The summed E-state index contributed by atoms with van der Waals surface area (Å²) in [5.41, 5.74) is 3.59. The summed E-state index contributed by atoms with van der Waals surface area (Å²) in [6, 6.07) is 7.21. The molecule has 25 heavy (non-hydrogen) atoms. The molecule has 0 aliphatic heterocycles. The van der Waals surface area contributed by atoms with Crippen molar-refractivity contribution in [1.82, 2.24) is 4.72 Å². The summed E-state index contributed by atoms with van der Waals surface area (Å²) in [5, 5.41) is 1.57. The van der Waals surface area contributed by atoms with Gasteiger partial charge in [0.1, 0.15) is 9.77 Å². The van der Waals surface area contributed by atoms with Crippen LogP contribution < -0.4 is 4.72 Å². The number of esters is 1. The van der Waals surface area contributed by atoms with E-state index in [1.54, 1.807) is 5.38 Å². The third-order valence-corrected chi connectivity index (χ3v) is 7.10. The Morgan fingerprint density at radius 3 is 2.64 bits per heavy atom. The van der Waals surface area contributed by atoms with Crippen LogP contribution in [0.25, 0.3) is 0 Å². The van der Waals surface area contributed by atoms with E-state index in [2.05, 4.69) is 21.6 Å². The van der Waals surface area contributed by atoms with Gasteiger partial charge >= 0.3 is 5.97 Å². The van der Waals surface area contributed by atoms with Crippen LogP contribution in [0.1, 0.15) is 52.2 Å².